The predicted molar refractivity (Wildman–Crippen MR) is 110 cm³/mol. The first kappa shape index (κ1) is 19.9. The molecule has 0 saturated heterocycles. The van der Waals surface area contributed by atoms with Crippen molar-refractivity contribution < 1.29 is 17.9 Å². The number of nitrogens with zero attached hydrogens (tertiary/aromatic N) is 1. The summed E-state index contributed by atoms with van der Waals surface area (Å²) >= 11 is 0. The smallest absolute Gasteiger partial charge is 0.243 e. The number of anilines is 1. The number of rotatable bonds is 6. The fourth-order valence-electron chi connectivity index (χ4n) is 3.00. The van der Waals surface area contributed by atoms with Crippen molar-refractivity contribution in [3.63, 3.8) is 0 Å². The molecule has 3 rings (SSSR count). The summed E-state index contributed by atoms with van der Waals surface area (Å²) in [6, 6.07) is 17.9. The van der Waals surface area contributed by atoms with E-state index in [1.54, 1.807) is 19.1 Å². The van der Waals surface area contributed by atoms with E-state index < -0.39 is 15.9 Å². The van der Waals surface area contributed by atoms with Gasteiger partial charge in [-0.1, -0.05) is 36.4 Å². The number of hydrogen-bond acceptors (Lipinski definition) is 4. The Kier molecular flexibility index (Phi) is 5.67. The zero-order valence-corrected chi connectivity index (χ0v) is 16.8. The average Bonchev–Trinajstić information content (AvgIpc) is 2.68. The van der Waals surface area contributed by atoms with Gasteiger partial charge in [0, 0.05) is 18.1 Å². The number of likely N-dealkylation sites (N-methyl/N-ethyl adjacent to an activating group) is 1. The number of methoxy groups -OCH3 is 1. The third kappa shape index (κ3) is 4.00. The Morgan fingerprint density at radius 2 is 1.79 bits per heavy atom. The van der Waals surface area contributed by atoms with E-state index in [0.717, 1.165) is 15.1 Å². The lowest BCUT2D eigenvalue weighted by atomic mass is 10.1. The first-order valence-corrected chi connectivity index (χ1v) is 10.2. The fourth-order valence-corrected chi connectivity index (χ4v) is 4.22. The molecule has 0 aromatic heterocycles. The second kappa shape index (κ2) is 8.00. The highest BCUT2D eigenvalue weighted by atomic mass is 32.2. The minimum atomic E-state index is -3.80. The van der Waals surface area contributed by atoms with Crippen LogP contribution in [0.3, 0.4) is 0 Å². The number of sulfonamides is 1. The summed E-state index contributed by atoms with van der Waals surface area (Å²) in [5, 5.41) is 4.70. The van der Waals surface area contributed by atoms with Crippen LogP contribution in [0.25, 0.3) is 10.8 Å². The summed E-state index contributed by atoms with van der Waals surface area (Å²) in [4.78, 5) is 12.6. The SMILES string of the molecule is COc1ccc(S(=O)(=O)N(C)CC(=O)Nc2cccc3ccccc23)cc1C. The van der Waals surface area contributed by atoms with Crippen molar-refractivity contribution in [1.82, 2.24) is 4.31 Å². The van der Waals surface area contributed by atoms with Gasteiger partial charge in [0.25, 0.3) is 0 Å². The molecule has 6 nitrogen and oxygen atoms in total. The molecule has 0 saturated carbocycles. The summed E-state index contributed by atoms with van der Waals surface area (Å²) in [6.07, 6.45) is 0. The largest absolute Gasteiger partial charge is 0.496 e. The molecule has 3 aromatic rings. The second-order valence-electron chi connectivity index (χ2n) is 6.47. The molecule has 0 aliphatic rings. The van der Waals surface area contributed by atoms with E-state index in [-0.39, 0.29) is 11.4 Å². The van der Waals surface area contributed by atoms with Crippen LogP contribution in [0.2, 0.25) is 0 Å². The van der Waals surface area contributed by atoms with Crippen molar-refractivity contribution in [3.05, 3.63) is 66.2 Å². The molecular weight excluding hydrogens is 376 g/mol. The van der Waals surface area contributed by atoms with Gasteiger partial charge in [0.05, 0.1) is 18.6 Å². The minimum absolute atomic E-state index is 0.117. The van der Waals surface area contributed by atoms with Crippen LogP contribution in [0.4, 0.5) is 5.69 Å². The van der Waals surface area contributed by atoms with E-state index in [2.05, 4.69) is 5.32 Å². The second-order valence-corrected chi connectivity index (χ2v) is 8.51. The van der Waals surface area contributed by atoms with Gasteiger partial charge in [-0.15, -0.1) is 0 Å². The van der Waals surface area contributed by atoms with Crippen LogP contribution in [0.1, 0.15) is 5.56 Å². The number of fused-ring (bicyclic) bond motifs is 1. The first-order chi connectivity index (χ1) is 13.3. The van der Waals surface area contributed by atoms with Gasteiger partial charge in [0.2, 0.25) is 15.9 Å². The third-order valence-corrected chi connectivity index (χ3v) is 6.30. The highest BCUT2D eigenvalue weighted by Gasteiger charge is 2.24. The van der Waals surface area contributed by atoms with Crippen LogP contribution in [-0.2, 0) is 14.8 Å². The van der Waals surface area contributed by atoms with Gasteiger partial charge in [-0.2, -0.15) is 4.31 Å². The normalized spacial score (nSPS) is 11.6. The van der Waals surface area contributed by atoms with Crippen LogP contribution in [0.15, 0.2) is 65.6 Å². The standard InChI is InChI=1S/C21H22N2O4S/c1-15-13-17(11-12-20(15)27-3)28(25,26)23(2)14-21(24)22-19-10-6-8-16-7-4-5-9-18(16)19/h4-13H,14H2,1-3H3,(H,22,24). The third-order valence-electron chi connectivity index (χ3n) is 4.50. The van der Waals surface area contributed by atoms with E-state index in [9.17, 15) is 13.2 Å². The maximum Gasteiger partial charge on any atom is 0.243 e. The highest BCUT2D eigenvalue weighted by molar-refractivity contribution is 7.89. The van der Waals surface area contributed by atoms with Crippen molar-refractivity contribution in [2.24, 2.45) is 0 Å². The molecule has 0 heterocycles. The predicted octanol–water partition coefficient (Wildman–Crippen LogP) is 3.42. The summed E-state index contributed by atoms with van der Waals surface area (Å²) in [6.45, 7) is 1.47. The maximum absolute atomic E-state index is 12.8. The van der Waals surface area contributed by atoms with Gasteiger partial charge in [-0.05, 0) is 42.1 Å². The quantitative estimate of drug-likeness (QED) is 0.690. The Morgan fingerprint density at radius 3 is 2.50 bits per heavy atom. The van der Waals surface area contributed by atoms with E-state index in [1.165, 1.54) is 26.3 Å². The molecule has 28 heavy (non-hydrogen) atoms. The molecule has 0 atom stereocenters. The molecule has 0 fully saturated rings. The maximum atomic E-state index is 12.8. The van der Waals surface area contributed by atoms with Gasteiger partial charge in [-0.25, -0.2) is 8.42 Å². The molecule has 7 heteroatoms. The number of carbonyl (C=O) groups excluding carboxylic acids is 1. The molecule has 1 N–H and O–H groups in total. The van der Waals surface area contributed by atoms with Crippen molar-refractivity contribution in [2.45, 2.75) is 11.8 Å². The summed E-state index contributed by atoms with van der Waals surface area (Å²) in [5.74, 6) is 0.197. The number of nitrogens with one attached hydrogen (secondary N) is 1. The first-order valence-electron chi connectivity index (χ1n) is 8.71. The average molecular weight is 398 g/mol. The minimum Gasteiger partial charge on any atom is -0.496 e. The molecule has 1 amide bonds. The summed E-state index contributed by atoms with van der Waals surface area (Å²) in [7, 11) is -0.885. The molecule has 3 aromatic carbocycles. The van der Waals surface area contributed by atoms with Gasteiger partial charge >= 0.3 is 0 Å². The molecule has 0 unspecified atom stereocenters. The molecular formula is C21H22N2O4S. The van der Waals surface area contributed by atoms with E-state index in [1.807, 2.05) is 36.4 Å². The van der Waals surface area contributed by atoms with Gasteiger partial charge < -0.3 is 10.1 Å². The lowest BCUT2D eigenvalue weighted by Gasteiger charge is -2.18. The van der Waals surface area contributed by atoms with Crippen molar-refractivity contribution in [3.8, 4) is 5.75 Å². The lowest BCUT2D eigenvalue weighted by Crippen LogP contribution is -2.35. The van der Waals surface area contributed by atoms with E-state index in [0.29, 0.717) is 17.0 Å². The molecule has 146 valence electrons. The molecule has 0 radical (unpaired) electrons. The summed E-state index contributed by atoms with van der Waals surface area (Å²) < 4.78 is 31.8. The number of amides is 1. The number of hydrogen-bond donors (Lipinski definition) is 1. The van der Waals surface area contributed by atoms with Crippen LogP contribution < -0.4 is 10.1 Å². The molecule has 0 aliphatic heterocycles. The van der Waals surface area contributed by atoms with Crippen molar-refractivity contribution in [2.75, 3.05) is 26.0 Å². The van der Waals surface area contributed by atoms with Gasteiger partial charge in [0.1, 0.15) is 5.75 Å². The van der Waals surface area contributed by atoms with Gasteiger partial charge in [0.15, 0.2) is 0 Å². The Bertz CT molecular complexity index is 1120. The highest BCUT2D eigenvalue weighted by Crippen LogP contribution is 2.24. The van der Waals surface area contributed by atoms with Crippen LogP contribution in [0, 0.1) is 6.92 Å². The fraction of sp³-hybridized carbons (Fsp3) is 0.190. The topological polar surface area (TPSA) is 75.7 Å². The Balaban J connectivity index is 1.77. The molecule has 0 aliphatic carbocycles. The Labute approximate surface area is 164 Å². The van der Waals surface area contributed by atoms with E-state index in [4.69, 9.17) is 4.74 Å². The van der Waals surface area contributed by atoms with Crippen LogP contribution >= 0.6 is 0 Å². The molecule has 0 spiro atoms. The Hall–Kier alpha value is -2.90. The number of benzene rings is 3. The molecule has 0 bridgehead atoms. The Morgan fingerprint density at radius 1 is 1.07 bits per heavy atom. The zero-order chi connectivity index (χ0) is 20.3. The summed E-state index contributed by atoms with van der Waals surface area (Å²) in [5.41, 5.74) is 1.35. The van der Waals surface area contributed by atoms with Crippen molar-refractivity contribution >= 4 is 32.4 Å². The number of carbonyl (C=O) groups is 1. The van der Waals surface area contributed by atoms with Crippen LogP contribution in [0.5, 0.6) is 5.75 Å². The van der Waals surface area contributed by atoms with Crippen molar-refractivity contribution in [1.29, 1.82) is 0 Å². The zero-order valence-electron chi connectivity index (χ0n) is 16.0. The monoisotopic (exact) mass is 398 g/mol. The lowest BCUT2D eigenvalue weighted by molar-refractivity contribution is -0.116. The van der Waals surface area contributed by atoms with Crippen LogP contribution in [-0.4, -0.2) is 39.3 Å². The van der Waals surface area contributed by atoms with E-state index >= 15 is 0 Å². The number of ether oxygens (including phenoxy) is 1. The number of aryl methyl sites for hydroxylation is 1. The van der Waals surface area contributed by atoms with Gasteiger partial charge in [-0.3, -0.25) is 4.79 Å².